The van der Waals surface area contributed by atoms with Crippen molar-refractivity contribution in [2.45, 2.75) is 70.0 Å². The van der Waals surface area contributed by atoms with E-state index in [0.29, 0.717) is 5.56 Å². The zero-order chi connectivity index (χ0) is 23.9. The molecule has 3 aromatic carbocycles. The van der Waals surface area contributed by atoms with Crippen molar-refractivity contribution in [1.29, 1.82) is 0 Å². The summed E-state index contributed by atoms with van der Waals surface area (Å²) < 4.78 is 28.7. The van der Waals surface area contributed by atoms with Crippen molar-refractivity contribution >= 4 is 20.4 Å². The maximum Gasteiger partial charge on any atom is 0.142 e. The number of hydrogen-bond donors (Lipinski definition) is 0. The highest BCUT2D eigenvalue weighted by atomic mass is 35.5. The largest absolute Gasteiger partial charge is 0.206 e. The minimum absolute atomic E-state index is 0.111. The van der Waals surface area contributed by atoms with Gasteiger partial charge in [-0.25, -0.2) is 8.78 Å². The molecular weight excluding hydrogens is 462 g/mol. The van der Waals surface area contributed by atoms with Gasteiger partial charge in [0.1, 0.15) is 11.6 Å². The van der Waals surface area contributed by atoms with E-state index >= 15 is 0 Å². The van der Waals surface area contributed by atoms with E-state index in [1.165, 1.54) is 56.7 Å². The van der Waals surface area contributed by atoms with Crippen LogP contribution in [0.2, 0.25) is 23.2 Å². The van der Waals surface area contributed by atoms with E-state index in [9.17, 15) is 8.78 Å². The van der Waals surface area contributed by atoms with Crippen LogP contribution in [0.5, 0.6) is 0 Å². The molecule has 0 nitrogen and oxygen atoms in total. The second-order valence-corrected chi connectivity index (χ2v) is 13.8. The van der Waals surface area contributed by atoms with Gasteiger partial charge in [0.2, 0.25) is 0 Å². The maximum absolute atomic E-state index is 15.0. The number of unbranched alkanes of at least 4 members (excludes halogenated alkanes) is 2. The van der Waals surface area contributed by atoms with Gasteiger partial charge in [0.05, 0.1) is 5.02 Å². The summed E-state index contributed by atoms with van der Waals surface area (Å²) in [5.41, 5.74) is 4.16. The maximum atomic E-state index is 15.0. The van der Waals surface area contributed by atoms with Crippen LogP contribution in [0, 0.1) is 17.6 Å². The molecule has 0 saturated carbocycles. The molecule has 0 unspecified atom stereocenters. The second-order valence-electron chi connectivity index (χ2n) is 9.94. The molecule has 1 fully saturated rings. The summed E-state index contributed by atoms with van der Waals surface area (Å²) in [5.74, 6) is 0.213. The fraction of sp³-hybridized carbons (Fsp3) is 0.400. The normalized spacial score (nSPS) is 18.2. The van der Waals surface area contributed by atoms with Crippen LogP contribution in [-0.2, 0) is 6.42 Å². The van der Waals surface area contributed by atoms with Crippen LogP contribution in [0.1, 0.15) is 51.0 Å². The Morgan fingerprint density at radius 1 is 0.824 bits per heavy atom. The van der Waals surface area contributed by atoms with E-state index in [2.05, 4.69) is 13.0 Å². The second kappa shape index (κ2) is 12.1. The van der Waals surface area contributed by atoms with E-state index < -0.39 is 14.6 Å². The van der Waals surface area contributed by atoms with Crippen molar-refractivity contribution in [2.75, 3.05) is 0 Å². The molecule has 34 heavy (non-hydrogen) atoms. The van der Waals surface area contributed by atoms with Gasteiger partial charge in [-0.3, -0.25) is 0 Å². The summed E-state index contributed by atoms with van der Waals surface area (Å²) in [6, 6.07) is 22.6. The molecule has 180 valence electrons. The Kier molecular flexibility index (Phi) is 8.96. The fourth-order valence-electron chi connectivity index (χ4n) is 5.33. The van der Waals surface area contributed by atoms with Gasteiger partial charge in [0.15, 0.2) is 0 Å². The van der Waals surface area contributed by atoms with Crippen molar-refractivity contribution in [3.8, 4) is 22.3 Å². The quantitative estimate of drug-likeness (QED) is 0.204. The van der Waals surface area contributed by atoms with Crippen LogP contribution in [-0.4, -0.2) is 8.80 Å². The zero-order valence-corrected chi connectivity index (χ0v) is 22.0. The van der Waals surface area contributed by atoms with Gasteiger partial charge in [-0.05, 0) is 59.2 Å². The van der Waals surface area contributed by atoms with Gasteiger partial charge in [-0.1, -0.05) is 111 Å². The number of halogens is 3. The number of rotatable bonds is 9. The predicted molar refractivity (Wildman–Crippen MR) is 144 cm³/mol. The summed E-state index contributed by atoms with van der Waals surface area (Å²) in [7, 11) is -0.458. The van der Waals surface area contributed by atoms with E-state index in [4.69, 9.17) is 11.6 Å². The molecular formula is C30H35ClF2Si. The third-order valence-electron chi connectivity index (χ3n) is 7.51. The first-order valence-corrected chi connectivity index (χ1v) is 15.7. The van der Waals surface area contributed by atoms with Crippen molar-refractivity contribution in [3.05, 3.63) is 82.9 Å². The van der Waals surface area contributed by atoms with Gasteiger partial charge in [0.25, 0.3) is 0 Å². The zero-order valence-electron chi connectivity index (χ0n) is 20.1. The average molecular weight is 497 g/mol. The van der Waals surface area contributed by atoms with E-state index in [-0.39, 0.29) is 10.8 Å². The van der Waals surface area contributed by atoms with Gasteiger partial charge in [-0.15, -0.1) is 0 Å². The molecule has 0 aliphatic carbocycles. The lowest BCUT2D eigenvalue weighted by Gasteiger charge is -2.27. The molecule has 0 bridgehead atoms. The highest BCUT2D eigenvalue weighted by Crippen LogP contribution is 2.32. The lowest BCUT2D eigenvalue weighted by Crippen LogP contribution is -2.21. The molecule has 1 saturated heterocycles. The van der Waals surface area contributed by atoms with Gasteiger partial charge in [0, 0.05) is 14.4 Å². The Morgan fingerprint density at radius 2 is 1.53 bits per heavy atom. The summed E-state index contributed by atoms with van der Waals surface area (Å²) in [4.78, 5) is 0. The fourth-order valence-corrected chi connectivity index (χ4v) is 9.06. The summed E-state index contributed by atoms with van der Waals surface area (Å²) in [6.07, 6.45) is 9.12. The molecule has 3 aromatic rings. The number of benzene rings is 3. The van der Waals surface area contributed by atoms with Crippen molar-refractivity contribution in [1.82, 2.24) is 0 Å². The van der Waals surface area contributed by atoms with Crippen LogP contribution in [0.4, 0.5) is 8.78 Å². The Bertz CT molecular complexity index is 1070. The summed E-state index contributed by atoms with van der Waals surface area (Å²) in [6.45, 7) is 2.29. The summed E-state index contributed by atoms with van der Waals surface area (Å²) >= 11 is 5.78. The van der Waals surface area contributed by atoms with Crippen molar-refractivity contribution in [2.24, 2.45) is 5.92 Å². The molecule has 0 radical (unpaired) electrons. The number of hydrogen-bond acceptors (Lipinski definition) is 0. The molecule has 1 aliphatic rings. The molecule has 1 aliphatic heterocycles. The molecule has 0 atom stereocenters. The molecule has 4 rings (SSSR count). The predicted octanol–water partition coefficient (Wildman–Crippen LogP) is 9.71. The Morgan fingerprint density at radius 3 is 2.21 bits per heavy atom. The molecule has 1 heterocycles. The van der Waals surface area contributed by atoms with Gasteiger partial charge in [-0.2, -0.15) is 0 Å². The van der Waals surface area contributed by atoms with Crippen molar-refractivity contribution < 1.29 is 8.78 Å². The van der Waals surface area contributed by atoms with Crippen LogP contribution >= 0.6 is 11.6 Å². The average Bonchev–Trinajstić information content (AvgIpc) is 2.86. The minimum atomic E-state index is -0.458. The minimum Gasteiger partial charge on any atom is -0.206 e. The summed E-state index contributed by atoms with van der Waals surface area (Å²) in [5, 5.41) is 0.111. The van der Waals surface area contributed by atoms with Gasteiger partial charge >= 0.3 is 0 Å². The molecule has 0 aromatic heterocycles. The highest BCUT2D eigenvalue weighted by Gasteiger charge is 2.21. The molecule has 0 spiro atoms. The van der Waals surface area contributed by atoms with Crippen LogP contribution in [0.3, 0.4) is 0 Å². The monoisotopic (exact) mass is 496 g/mol. The smallest absolute Gasteiger partial charge is 0.142 e. The Balaban J connectivity index is 1.32. The SMILES string of the molecule is CCCCC[Si@H]1CC[C@H](CCc2ccc(-c3ccc(-c4ccc(Cl)c(F)c4)cc3)c(F)c2)CC1. The number of aryl methyl sites for hydroxylation is 1. The van der Waals surface area contributed by atoms with Gasteiger partial charge < -0.3 is 0 Å². The topological polar surface area (TPSA) is 0 Å². The molecule has 4 heteroatoms. The molecule has 0 amide bonds. The standard InChI is InChI=1S/C30H35ClF2Si/c1-2-3-4-17-34-18-15-22(16-19-34)5-6-23-7-13-27(29(32)20-23)25-10-8-24(9-11-25)26-12-14-28(31)30(33)21-26/h7-14,20-22,34H,2-6,15-19H2,1H3/t22-,34-. The molecule has 0 N–H and O–H groups in total. The lowest BCUT2D eigenvalue weighted by atomic mass is 9.93. The van der Waals surface area contributed by atoms with E-state index in [0.717, 1.165) is 34.6 Å². The third-order valence-corrected chi connectivity index (χ3v) is 11.3. The van der Waals surface area contributed by atoms with E-state index in [1.807, 2.05) is 30.3 Å². The first-order chi connectivity index (χ1) is 16.5. The van der Waals surface area contributed by atoms with Crippen LogP contribution < -0.4 is 0 Å². The third kappa shape index (κ3) is 6.58. The Hall–Kier alpha value is -1.97. The lowest BCUT2D eigenvalue weighted by molar-refractivity contribution is 0.436. The Labute approximate surface area is 210 Å². The van der Waals surface area contributed by atoms with Crippen LogP contribution in [0.25, 0.3) is 22.3 Å². The van der Waals surface area contributed by atoms with Crippen LogP contribution in [0.15, 0.2) is 60.7 Å². The first-order valence-electron chi connectivity index (χ1n) is 12.9. The van der Waals surface area contributed by atoms with Crippen molar-refractivity contribution in [3.63, 3.8) is 0 Å². The first kappa shape index (κ1) is 25.1. The van der Waals surface area contributed by atoms with E-state index in [1.54, 1.807) is 24.2 Å². The highest BCUT2D eigenvalue weighted by molar-refractivity contribution is 6.58.